The van der Waals surface area contributed by atoms with Crippen LogP contribution in [0.1, 0.15) is 49.2 Å². The summed E-state index contributed by atoms with van der Waals surface area (Å²) >= 11 is 0. The number of hydrogen-bond acceptors (Lipinski definition) is 5. The average molecular weight is 414 g/mol. The highest BCUT2D eigenvalue weighted by molar-refractivity contribution is 5.78. The van der Waals surface area contributed by atoms with E-state index in [9.17, 15) is 0 Å². The number of nitrogens with one attached hydrogen (secondary N) is 1. The molecule has 0 bridgehead atoms. The van der Waals surface area contributed by atoms with Crippen LogP contribution in [0.25, 0.3) is 10.9 Å². The van der Waals surface area contributed by atoms with Crippen LogP contribution in [-0.2, 0) is 19.4 Å². The lowest BCUT2D eigenvalue weighted by Crippen LogP contribution is -2.21. The number of aromatic nitrogens is 5. The molecule has 0 radical (unpaired) electrons. The summed E-state index contributed by atoms with van der Waals surface area (Å²) in [5.74, 6) is 1.79. The summed E-state index contributed by atoms with van der Waals surface area (Å²) in [6, 6.07) is 20.8. The first-order chi connectivity index (χ1) is 15.3. The normalized spacial score (nSPS) is 15.4. The number of ether oxygens (including phenoxy) is 1. The van der Waals surface area contributed by atoms with Crippen LogP contribution in [0.15, 0.2) is 60.7 Å². The third kappa shape index (κ3) is 4.74. The second-order valence-corrected chi connectivity index (χ2v) is 8.66. The summed E-state index contributed by atoms with van der Waals surface area (Å²) in [6.45, 7) is 0.471. The molecule has 2 aromatic carbocycles. The SMILES string of the molecule is c1ccc2nc(COc3ccc(CCC4(Cc5nnn[nH]5)CCCC4)cc3)ccc2c1. The molecule has 4 aromatic rings. The molecule has 2 heterocycles. The van der Waals surface area contributed by atoms with E-state index in [2.05, 4.69) is 62.0 Å². The molecule has 6 nitrogen and oxygen atoms in total. The Morgan fingerprint density at radius 1 is 0.935 bits per heavy atom. The van der Waals surface area contributed by atoms with Crippen molar-refractivity contribution in [3.05, 3.63) is 77.7 Å². The highest BCUT2D eigenvalue weighted by atomic mass is 16.5. The monoisotopic (exact) mass is 413 g/mol. The minimum atomic E-state index is 0.318. The van der Waals surface area contributed by atoms with Crippen LogP contribution in [0.3, 0.4) is 0 Å². The number of rotatable bonds is 8. The van der Waals surface area contributed by atoms with Gasteiger partial charge in [0.05, 0.1) is 11.2 Å². The van der Waals surface area contributed by atoms with Gasteiger partial charge in [-0.2, -0.15) is 0 Å². The summed E-state index contributed by atoms with van der Waals surface area (Å²) in [7, 11) is 0. The predicted octanol–water partition coefficient (Wildman–Crippen LogP) is 5.06. The number of aromatic amines is 1. The Hall–Kier alpha value is -3.28. The average Bonchev–Trinajstić information content (AvgIpc) is 3.50. The summed E-state index contributed by atoms with van der Waals surface area (Å²) in [6.07, 6.45) is 8.29. The zero-order chi connectivity index (χ0) is 20.9. The molecule has 1 saturated carbocycles. The molecule has 1 fully saturated rings. The van der Waals surface area contributed by atoms with E-state index in [0.29, 0.717) is 12.0 Å². The molecule has 31 heavy (non-hydrogen) atoms. The van der Waals surface area contributed by atoms with Crippen LogP contribution in [0.4, 0.5) is 0 Å². The third-order valence-corrected chi connectivity index (χ3v) is 6.51. The van der Waals surface area contributed by atoms with E-state index in [1.54, 1.807) is 0 Å². The smallest absolute Gasteiger partial charge is 0.148 e. The van der Waals surface area contributed by atoms with Crippen molar-refractivity contribution >= 4 is 10.9 Å². The van der Waals surface area contributed by atoms with E-state index in [1.165, 1.54) is 31.2 Å². The number of fused-ring (bicyclic) bond motifs is 1. The molecule has 1 N–H and O–H groups in total. The van der Waals surface area contributed by atoms with Crippen molar-refractivity contribution < 1.29 is 4.74 Å². The van der Waals surface area contributed by atoms with Gasteiger partial charge in [-0.3, -0.25) is 0 Å². The van der Waals surface area contributed by atoms with E-state index in [0.717, 1.165) is 47.4 Å². The lowest BCUT2D eigenvalue weighted by atomic mass is 9.77. The number of para-hydroxylation sites is 1. The van der Waals surface area contributed by atoms with Crippen LogP contribution >= 0.6 is 0 Å². The Morgan fingerprint density at radius 2 is 1.77 bits per heavy atom. The third-order valence-electron chi connectivity index (χ3n) is 6.51. The van der Waals surface area contributed by atoms with Gasteiger partial charge in [-0.15, -0.1) is 5.10 Å². The van der Waals surface area contributed by atoms with Gasteiger partial charge in [0.2, 0.25) is 0 Å². The highest BCUT2D eigenvalue weighted by Crippen LogP contribution is 2.44. The molecule has 6 heteroatoms. The van der Waals surface area contributed by atoms with Crippen molar-refractivity contribution in [3.8, 4) is 5.75 Å². The zero-order valence-corrected chi connectivity index (χ0v) is 17.6. The quantitative estimate of drug-likeness (QED) is 0.437. The molecule has 5 rings (SSSR count). The molecule has 0 atom stereocenters. The first-order valence-corrected chi connectivity index (χ1v) is 11.1. The molecule has 0 amide bonds. The topological polar surface area (TPSA) is 76.6 Å². The van der Waals surface area contributed by atoms with Gasteiger partial charge >= 0.3 is 0 Å². The molecular weight excluding hydrogens is 386 g/mol. The second-order valence-electron chi connectivity index (χ2n) is 8.66. The summed E-state index contributed by atoms with van der Waals surface area (Å²) in [4.78, 5) is 4.68. The van der Waals surface area contributed by atoms with E-state index in [-0.39, 0.29) is 0 Å². The molecule has 0 saturated heterocycles. The first kappa shape index (κ1) is 19.7. The van der Waals surface area contributed by atoms with E-state index in [4.69, 9.17) is 4.74 Å². The number of aryl methyl sites for hydroxylation is 1. The molecule has 0 unspecified atom stereocenters. The largest absolute Gasteiger partial charge is 0.487 e. The Kier molecular flexibility index (Phi) is 5.61. The van der Waals surface area contributed by atoms with Crippen molar-refractivity contribution in [2.24, 2.45) is 5.41 Å². The standard InChI is InChI=1S/C25H27N5O/c1-2-6-23-20(5-1)9-10-21(26-23)18-31-22-11-7-19(8-12-22)13-16-25(14-3-4-15-25)17-24-27-29-30-28-24/h1-2,5-12H,3-4,13-18H2,(H,27,28,29,30). The van der Waals surface area contributed by atoms with E-state index >= 15 is 0 Å². The fraction of sp³-hybridized carbons (Fsp3) is 0.360. The van der Waals surface area contributed by atoms with Gasteiger partial charge < -0.3 is 4.74 Å². The Bertz CT molecular complexity index is 1120. The maximum atomic E-state index is 5.98. The van der Waals surface area contributed by atoms with Gasteiger partial charge in [0.25, 0.3) is 0 Å². The van der Waals surface area contributed by atoms with Crippen molar-refractivity contribution in [2.45, 2.75) is 51.6 Å². The summed E-state index contributed by atoms with van der Waals surface area (Å²) < 4.78 is 5.98. The number of pyridine rings is 1. The van der Waals surface area contributed by atoms with Crippen LogP contribution in [-0.4, -0.2) is 25.6 Å². The summed E-state index contributed by atoms with van der Waals surface area (Å²) in [5, 5.41) is 15.7. The van der Waals surface area contributed by atoms with E-state index < -0.39 is 0 Å². The van der Waals surface area contributed by atoms with E-state index in [1.807, 2.05) is 24.3 Å². The molecule has 158 valence electrons. The minimum absolute atomic E-state index is 0.318. The fourth-order valence-corrected chi connectivity index (χ4v) is 4.76. The maximum absolute atomic E-state index is 5.98. The molecule has 1 aliphatic rings. The number of tetrazole rings is 1. The first-order valence-electron chi connectivity index (χ1n) is 11.1. The van der Waals surface area contributed by atoms with Gasteiger partial charge in [0, 0.05) is 11.8 Å². The number of H-pyrrole nitrogens is 1. The fourth-order valence-electron chi connectivity index (χ4n) is 4.76. The van der Waals surface area contributed by atoms with Gasteiger partial charge in [-0.1, -0.05) is 49.2 Å². The van der Waals surface area contributed by atoms with Crippen LogP contribution in [0, 0.1) is 5.41 Å². The second kappa shape index (κ2) is 8.84. The van der Waals surface area contributed by atoms with Crippen LogP contribution in [0.5, 0.6) is 5.75 Å². The van der Waals surface area contributed by atoms with Crippen molar-refractivity contribution in [1.29, 1.82) is 0 Å². The van der Waals surface area contributed by atoms with Gasteiger partial charge in [0.15, 0.2) is 0 Å². The Labute approximate surface area is 182 Å². The zero-order valence-electron chi connectivity index (χ0n) is 17.6. The molecular formula is C25H27N5O. The van der Waals surface area contributed by atoms with Crippen molar-refractivity contribution in [1.82, 2.24) is 25.6 Å². The predicted molar refractivity (Wildman–Crippen MR) is 120 cm³/mol. The van der Waals surface area contributed by atoms with Gasteiger partial charge in [-0.05, 0) is 71.4 Å². The highest BCUT2D eigenvalue weighted by Gasteiger charge is 2.34. The molecule has 2 aromatic heterocycles. The molecule has 0 aliphatic heterocycles. The Morgan fingerprint density at radius 3 is 2.58 bits per heavy atom. The number of nitrogens with zero attached hydrogens (tertiary/aromatic N) is 4. The lowest BCUT2D eigenvalue weighted by Gasteiger charge is -2.28. The lowest BCUT2D eigenvalue weighted by molar-refractivity contribution is 0.263. The maximum Gasteiger partial charge on any atom is 0.148 e. The van der Waals surface area contributed by atoms with Gasteiger partial charge in [-0.25, -0.2) is 10.1 Å². The van der Waals surface area contributed by atoms with Crippen molar-refractivity contribution in [3.63, 3.8) is 0 Å². The molecule has 1 aliphatic carbocycles. The number of benzene rings is 2. The van der Waals surface area contributed by atoms with Gasteiger partial charge in [0.1, 0.15) is 18.2 Å². The molecule has 0 spiro atoms. The Balaban J connectivity index is 1.17. The van der Waals surface area contributed by atoms with Crippen LogP contribution in [0.2, 0.25) is 0 Å². The van der Waals surface area contributed by atoms with Crippen molar-refractivity contribution in [2.75, 3.05) is 0 Å². The summed E-state index contributed by atoms with van der Waals surface area (Å²) in [5.41, 5.74) is 3.60. The number of hydrogen-bond donors (Lipinski definition) is 1. The van der Waals surface area contributed by atoms with Crippen LogP contribution < -0.4 is 4.74 Å². The minimum Gasteiger partial charge on any atom is -0.487 e.